The third kappa shape index (κ3) is 5.15. The molecule has 2 heterocycles. The molecule has 30 heavy (non-hydrogen) atoms. The first kappa shape index (κ1) is 19.9. The summed E-state index contributed by atoms with van der Waals surface area (Å²) in [6.07, 6.45) is 3.63. The van der Waals surface area contributed by atoms with Crippen LogP contribution in [0.15, 0.2) is 73.1 Å². The van der Waals surface area contributed by atoms with E-state index in [1.165, 1.54) is 5.56 Å². The molecule has 1 aliphatic heterocycles. The van der Waals surface area contributed by atoms with Gasteiger partial charge in [0.05, 0.1) is 5.69 Å². The van der Waals surface area contributed by atoms with E-state index in [1.807, 2.05) is 84.9 Å². The van der Waals surface area contributed by atoms with Gasteiger partial charge in [0.1, 0.15) is 5.75 Å². The molecule has 1 aliphatic rings. The molecule has 1 saturated heterocycles. The maximum Gasteiger partial charge on any atom is 0.322 e. The molecular formula is C24H26N4O2. The van der Waals surface area contributed by atoms with Gasteiger partial charge < -0.3 is 15.0 Å². The Morgan fingerprint density at radius 3 is 2.53 bits per heavy atom. The van der Waals surface area contributed by atoms with Crippen molar-refractivity contribution in [1.82, 2.24) is 14.8 Å². The SMILES string of the molecule is Cc1cccc(Oc2ccccc2NC(=O)N2CCN(Cc3ccncc3)CC2)c1. The number of anilines is 1. The number of pyridine rings is 1. The molecule has 0 aliphatic carbocycles. The number of carbonyl (C=O) groups excluding carboxylic acids is 1. The van der Waals surface area contributed by atoms with E-state index in [2.05, 4.69) is 15.2 Å². The maximum atomic E-state index is 12.8. The van der Waals surface area contributed by atoms with Gasteiger partial charge in [0, 0.05) is 45.1 Å². The number of para-hydroxylation sites is 2. The Balaban J connectivity index is 1.34. The van der Waals surface area contributed by atoms with Crippen molar-refractivity contribution in [2.24, 2.45) is 0 Å². The summed E-state index contributed by atoms with van der Waals surface area (Å²) in [7, 11) is 0. The molecule has 0 unspecified atom stereocenters. The molecular weight excluding hydrogens is 376 g/mol. The number of rotatable bonds is 5. The molecule has 6 heteroatoms. The number of nitrogens with one attached hydrogen (secondary N) is 1. The largest absolute Gasteiger partial charge is 0.455 e. The smallest absolute Gasteiger partial charge is 0.322 e. The number of hydrogen-bond acceptors (Lipinski definition) is 4. The Morgan fingerprint density at radius 1 is 1.00 bits per heavy atom. The molecule has 0 spiro atoms. The number of benzene rings is 2. The third-order valence-electron chi connectivity index (χ3n) is 5.16. The molecule has 4 rings (SSSR count). The minimum atomic E-state index is -0.0983. The quantitative estimate of drug-likeness (QED) is 0.681. The van der Waals surface area contributed by atoms with Gasteiger partial charge >= 0.3 is 6.03 Å². The fourth-order valence-corrected chi connectivity index (χ4v) is 3.51. The van der Waals surface area contributed by atoms with Crippen LogP contribution in [0.3, 0.4) is 0 Å². The summed E-state index contributed by atoms with van der Waals surface area (Å²) in [5.41, 5.74) is 3.03. The predicted molar refractivity (Wildman–Crippen MR) is 118 cm³/mol. The van der Waals surface area contributed by atoms with E-state index >= 15 is 0 Å². The summed E-state index contributed by atoms with van der Waals surface area (Å²) in [5, 5.41) is 3.01. The average Bonchev–Trinajstić information content (AvgIpc) is 2.76. The van der Waals surface area contributed by atoms with Gasteiger partial charge in [-0.2, -0.15) is 0 Å². The second-order valence-electron chi connectivity index (χ2n) is 7.46. The van der Waals surface area contributed by atoms with Crippen LogP contribution >= 0.6 is 0 Å². The van der Waals surface area contributed by atoms with Crippen LogP contribution in [-0.4, -0.2) is 47.0 Å². The first-order valence-electron chi connectivity index (χ1n) is 10.2. The highest BCUT2D eigenvalue weighted by molar-refractivity contribution is 5.91. The van der Waals surface area contributed by atoms with Crippen LogP contribution in [0.2, 0.25) is 0 Å². The van der Waals surface area contributed by atoms with Crippen molar-refractivity contribution in [2.45, 2.75) is 13.5 Å². The highest BCUT2D eigenvalue weighted by atomic mass is 16.5. The fraction of sp³-hybridized carbons (Fsp3) is 0.250. The van der Waals surface area contributed by atoms with Gasteiger partial charge in [-0.1, -0.05) is 24.3 Å². The van der Waals surface area contributed by atoms with Crippen LogP contribution in [0.5, 0.6) is 11.5 Å². The number of carbonyl (C=O) groups is 1. The molecule has 1 N–H and O–H groups in total. The fourth-order valence-electron chi connectivity index (χ4n) is 3.51. The number of amides is 2. The molecule has 154 valence electrons. The second kappa shape index (κ2) is 9.41. The van der Waals surface area contributed by atoms with Crippen LogP contribution in [0, 0.1) is 6.92 Å². The van der Waals surface area contributed by atoms with Gasteiger partial charge in [0.2, 0.25) is 0 Å². The molecule has 0 saturated carbocycles. The third-order valence-corrected chi connectivity index (χ3v) is 5.16. The van der Waals surface area contributed by atoms with E-state index < -0.39 is 0 Å². The second-order valence-corrected chi connectivity index (χ2v) is 7.46. The summed E-state index contributed by atoms with van der Waals surface area (Å²) in [5.74, 6) is 1.38. The Hall–Kier alpha value is -3.38. The molecule has 1 fully saturated rings. The minimum absolute atomic E-state index is 0.0983. The zero-order chi connectivity index (χ0) is 20.8. The number of nitrogens with zero attached hydrogens (tertiary/aromatic N) is 3. The Bertz CT molecular complexity index is 985. The van der Waals surface area contributed by atoms with E-state index in [1.54, 1.807) is 0 Å². The Labute approximate surface area is 177 Å². The van der Waals surface area contributed by atoms with Crippen LogP contribution in [0.4, 0.5) is 10.5 Å². The summed E-state index contributed by atoms with van der Waals surface area (Å²) >= 11 is 0. The number of piperazine rings is 1. The topological polar surface area (TPSA) is 57.7 Å². The molecule has 0 radical (unpaired) electrons. The number of aromatic nitrogens is 1. The predicted octanol–water partition coefficient (Wildman–Crippen LogP) is 4.53. The normalized spacial score (nSPS) is 14.4. The monoisotopic (exact) mass is 402 g/mol. The van der Waals surface area contributed by atoms with Crippen molar-refractivity contribution >= 4 is 11.7 Å². The first-order valence-corrected chi connectivity index (χ1v) is 10.2. The van der Waals surface area contributed by atoms with E-state index in [0.717, 1.165) is 30.9 Å². The zero-order valence-corrected chi connectivity index (χ0v) is 17.1. The van der Waals surface area contributed by atoms with Crippen molar-refractivity contribution in [3.8, 4) is 11.5 Å². The van der Waals surface area contributed by atoms with Crippen molar-refractivity contribution in [1.29, 1.82) is 0 Å². The lowest BCUT2D eigenvalue weighted by atomic mass is 10.2. The molecule has 0 atom stereocenters. The lowest BCUT2D eigenvalue weighted by Crippen LogP contribution is -2.49. The van der Waals surface area contributed by atoms with E-state index in [-0.39, 0.29) is 6.03 Å². The van der Waals surface area contributed by atoms with Crippen LogP contribution in [-0.2, 0) is 6.54 Å². The minimum Gasteiger partial charge on any atom is -0.455 e. The average molecular weight is 402 g/mol. The standard InChI is InChI=1S/C24H26N4O2/c1-19-5-4-6-21(17-19)30-23-8-3-2-7-22(23)26-24(29)28-15-13-27(14-16-28)18-20-9-11-25-12-10-20/h2-12,17H,13-16,18H2,1H3,(H,26,29). The van der Waals surface area contributed by atoms with E-state index in [4.69, 9.17) is 4.74 Å². The number of urea groups is 1. The molecule has 2 amide bonds. The zero-order valence-electron chi connectivity index (χ0n) is 17.1. The summed E-state index contributed by atoms with van der Waals surface area (Å²) in [4.78, 5) is 21.1. The van der Waals surface area contributed by atoms with Gasteiger partial charge in [0.25, 0.3) is 0 Å². The maximum absolute atomic E-state index is 12.8. The number of ether oxygens (including phenoxy) is 1. The lowest BCUT2D eigenvalue weighted by molar-refractivity contribution is 0.143. The van der Waals surface area contributed by atoms with Gasteiger partial charge in [-0.15, -0.1) is 0 Å². The van der Waals surface area contributed by atoms with Crippen LogP contribution in [0.1, 0.15) is 11.1 Å². The van der Waals surface area contributed by atoms with Gasteiger partial charge in [0.15, 0.2) is 5.75 Å². The summed E-state index contributed by atoms with van der Waals surface area (Å²) in [6, 6.07) is 19.4. The molecule has 1 aromatic heterocycles. The van der Waals surface area contributed by atoms with Crippen molar-refractivity contribution in [2.75, 3.05) is 31.5 Å². The molecule has 3 aromatic rings. The van der Waals surface area contributed by atoms with Crippen molar-refractivity contribution in [3.63, 3.8) is 0 Å². The van der Waals surface area contributed by atoms with E-state index in [0.29, 0.717) is 24.5 Å². The number of hydrogen-bond donors (Lipinski definition) is 1. The lowest BCUT2D eigenvalue weighted by Gasteiger charge is -2.34. The molecule has 2 aromatic carbocycles. The highest BCUT2D eigenvalue weighted by Gasteiger charge is 2.22. The van der Waals surface area contributed by atoms with Crippen LogP contribution in [0.25, 0.3) is 0 Å². The Morgan fingerprint density at radius 2 is 1.77 bits per heavy atom. The van der Waals surface area contributed by atoms with Crippen LogP contribution < -0.4 is 10.1 Å². The van der Waals surface area contributed by atoms with Gasteiger partial charge in [-0.25, -0.2) is 4.79 Å². The van der Waals surface area contributed by atoms with Crippen molar-refractivity contribution in [3.05, 3.63) is 84.2 Å². The van der Waals surface area contributed by atoms with E-state index in [9.17, 15) is 4.79 Å². The van der Waals surface area contributed by atoms with Gasteiger partial charge in [-0.05, 0) is 54.4 Å². The summed E-state index contributed by atoms with van der Waals surface area (Å²) in [6.45, 7) is 5.98. The molecule has 6 nitrogen and oxygen atoms in total. The number of aryl methyl sites for hydroxylation is 1. The highest BCUT2D eigenvalue weighted by Crippen LogP contribution is 2.30. The Kier molecular flexibility index (Phi) is 6.25. The summed E-state index contributed by atoms with van der Waals surface area (Å²) < 4.78 is 6.02. The first-order chi connectivity index (χ1) is 14.7. The van der Waals surface area contributed by atoms with Gasteiger partial charge in [-0.3, -0.25) is 9.88 Å². The molecule has 0 bridgehead atoms. The van der Waals surface area contributed by atoms with Crippen molar-refractivity contribution < 1.29 is 9.53 Å².